The molecule has 0 saturated carbocycles. The molecule has 0 aliphatic carbocycles. The molecular weight excluding hydrogens is 356 g/mol. The van der Waals surface area contributed by atoms with Gasteiger partial charge in [0, 0.05) is 12.1 Å². The minimum atomic E-state index is -3.80. The van der Waals surface area contributed by atoms with Crippen LogP contribution in [0.15, 0.2) is 41.3 Å². The Labute approximate surface area is 151 Å². The number of anilines is 2. The van der Waals surface area contributed by atoms with E-state index >= 15 is 0 Å². The Bertz CT molecular complexity index is 999. The Balaban J connectivity index is 1.88. The summed E-state index contributed by atoms with van der Waals surface area (Å²) in [6.07, 6.45) is 0.829. The fourth-order valence-corrected chi connectivity index (χ4v) is 3.93. The van der Waals surface area contributed by atoms with Crippen LogP contribution in [0.1, 0.15) is 27.9 Å². The number of ether oxygens (including phenoxy) is 1. The fraction of sp³-hybridized carbons (Fsp3) is 0.222. The standard InChI is InChI=1S/C18H18N2O5S/c1-11-9-13(18(22)25-2)3-6-15(11)20-26(23,24)14-5-7-16-12(10-14)4-8-17(21)19-16/h3,5-7,9-10,20H,4,8H2,1-2H3,(H,19,21). The summed E-state index contributed by atoms with van der Waals surface area (Å²) in [7, 11) is -2.52. The molecular formula is C18H18N2O5S. The van der Waals surface area contributed by atoms with Gasteiger partial charge in [-0.3, -0.25) is 9.52 Å². The van der Waals surface area contributed by atoms with Crippen LogP contribution >= 0.6 is 0 Å². The van der Waals surface area contributed by atoms with Gasteiger partial charge in [0.25, 0.3) is 10.0 Å². The van der Waals surface area contributed by atoms with Crippen molar-refractivity contribution in [3.8, 4) is 0 Å². The minimum Gasteiger partial charge on any atom is -0.465 e. The van der Waals surface area contributed by atoms with Gasteiger partial charge in [-0.15, -0.1) is 0 Å². The molecule has 0 atom stereocenters. The maximum atomic E-state index is 12.7. The SMILES string of the molecule is COC(=O)c1ccc(NS(=O)(=O)c2ccc3c(c2)CCC(=O)N3)c(C)c1. The quantitative estimate of drug-likeness (QED) is 0.801. The number of esters is 1. The van der Waals surface area contributed by atoms with E-state index < -0.39 is 16.0 Å². The first-order valence-corrected chi connectivity index (χ1v) is 9.43. The molecule has 0 spiro atoms. The first-order valence-electron chi connectivity index (χ1n) is 7.95. The van der Waals surface area contributed by atoms with Crippen LogP contribution in [0.5, 0.6) is 0 Å². The van der Waals surface area contributed by atoms with Crippen molar-refractivity contribution in [2.75, 3.05) is 17.1 Å². The molecule has 2 N–H and O–H groups in total. The number of nitrogens with one attached hydrogen (secondary N) is 2. The van der Waals surface area contributed by atoms with Crippen molar-refractivity contribution in [2.45, 2.75) is 24.7 Å². The molecule has 1 heterocycles. The minimum absolute atomic E-state index is 0.0763. The number of benzene rings is 2. The summed E-state index contributed by atoms with van der Waals surface area (Å²) in [5.41, 5.74) is 2.74. The largest absolute Gasteiger partial charge is 0.465 e. The number of hydrogen-bond donors (Lipinski definition) is 2. The molecule has 1 aliphatic rings. The molecule has 7 nitrogen and oxygen atoms in total. The van der Waals surface area contributed by atoms with Gasteiger partial charge >= 0.3 is 5.97 Å². The number of fused-ring (bicyclic) bond motifs is 1. The normalized spacial score (nSPS) is 13.5. The third kappa shape index (κ3) is 3.55. The average molecular weight is 374 g/mol. The maximum absolute atomic E-state index is 12.7. The van der Waals surface area contributed by atoms with Crippen LogP contribution < -0.4 is 10.0 Å². The Hall–Kier alpha value is -2.87. The molecule has 0 fully saturated rings. The van der Waals surface area contributed by atoms with Crippen molar-refractivity contribution in [3.05, 3.63) is 53.1 Å². The second kappa shape index (κ2) is 6.80. The van der Waals surface area contributed by atoms with E-state index in [9.17, 15) is 18.0 Å². The zero-order chi connectivity index (χ0) is 18.9. The van der Waals surface area contributed by atoms with E-state index in [1.54, 1.807) is 25.1 Å². The van der Waals surface area contributed by atoms with Gasteiger partial charge < -0.3 is 10.1 Å². The molecule has 3 rings (SSSR count). The van der Waals surface area contributed by atoms with Crippen LogP contribution in [0.4, 0.5) is 11.4 Å². The van der Waals surface area contributed by atoms with E-state index in [2.05, 4.69) is 14.8 Å². The topological polar surface area (TPSA) is 102 Å². The summed E-state index contributed by atoms with van der Waals surface area (Å²) < 4.78 is 32.6. The predicted octanol–water partition coefficient (Wildman–Crippen LogP) is 2.47. The van der Waals surface area contributed by atoms with E-state index in [-0.39, 0.29) is 10.8 Å². The van der Waals surface area contributed by atoms with Crippen LogP contribution in [0.25, 0.3) is 0 Å². The molecule has 0 bridgehead atoms. The van der Waals surface area contributed by atoms with Gasteiger partial charge in [-0.25, -0.2) is 13.2 Å². The summed E-state index contributed by atoms with van der Waals surface area (Å²) in [4.78, 5) is 23.1. The lowest BCUT2D eigenvalue weighted by atomic mass is 10.0. The smallest absolute Gasteiger partial charge is 0.337 e. The number of carbonyl (C=O) groups is 2. The van der Waals surface area contributed by atoms with Gasteiger partial charge in [0.05, 0.1) is 23.3 Å². The second-order valence-electron chi connectivity index (χ2n) is 5.99. The van der Waals surface area contributed by atoms with Crippen LogP contribution in [-0.2, 0) is 26.0 Å². The highest BCUT2D eigenvalue weighted by atomic mass is 32.2. The van der Waals surface area contributed by atoms with Crippen molar-refractivity contribution in [1.29, 1.82) is 0 Å². The monoisotopic (exact) mass is 374 g/mol. The Kier molecular flexibility index (Phi) is 4.69. The lowest BCUT2D eigenvalue weighted by Gasteiger charge is -2.18. The summed E-state index contributed by atoms with van der Waals surface area (Å²) in [6.45, 7) is 1.70. The molecule has 1 aliphatic heterocycles. The molecule has 0 saturated heterocycles. The third-order valence-electron chi connectivity index (χ3n) is 4.17. The average Bonchev–Trinajstić information content (AvgIpc) is 2.62. The number of aryl methyl sites for hydroxylation is 2. The van der Waals surface area contributed by atoms with Gasteiger partial charge in [-0.05, 0) is 60.9 Å². The van der Waals surface area contributed by atoms with E-state index in [4.69, 9.17) is 0 Å². The van der Waals surface area contributed by atoms with Gasteiger partial charge in [0.1, 0.15) is 0 Å². The summed E-state index contributed by atoms with van der Waals surface area (Å²) in [6, 6.07) is 9.19. The van der Waals surface area contributed by atoms with Gasteiger partial charge in [-0.2, -0.15) is 0 Å². The van der Waals surface area contributed by atoms with Crippen LogP contribution in [0.3, 0.4) is 0 Å². The van der Waals surface area contributed by atoms with Crippen LogP contribution in [0, 0.1) is 6.92 Å². The van der Waals surface area contributed by atoms with Crippen molar-refractivity contribution in [1.82, 2.24) is 0 Å². The van der Waals surface area contributed by atoms with Crippen LogP contribution in [0.2, 0.25) is 0 Å². The van der Waals surface area contributed by atoms with Crippen molar-refractivity contribution in [2.24, 2.45) is 0 Å². The highest BCUT2D eigenvalue weighted by Gasteiger charge is 2.21. The molecule has 1 amide bonds. The zero-order valence-corrected chi connectivity index (χ0v) is 15.1. The van der Waals surface area contributed by atoms with E-state index in [0.29, 0.717) is 35.3 Å². The molecule has 0 unspecified atom stereocenters. The van der Waals surface area contributed by atoms with E-state index in [1.165, 1.54) is 25.3 Å². The molecule has 0 aromatic heterocycles. The highest BCUT2D eigenvalue weighted by Crippen LogP contribution is 2.27. The van der Waals surface area contributed by atoms with Crippen molar-refractivity contribution in [3.63, 3.8) is 0 Å². The number of methoxy groups -OCH3 is 1. The lowest BCUT2D eigenvalue weighted by Crippen LogP contribution is -2.20. The first-order chi connectivity index (χ1) is 12.3. The second-order valence-corrected chi connectivity index (χ2v) is 7.68. The number of hydrogen-bond acceptors (Lipinski definition) is 5. The molecule has 26 heavy (non-hydrogen) atoms. The highest BCUT2D eigenvalue weighted by molar-refractivity contribution is 7.92. The zero-order valence-electron chi connectivity index (χ0n) is 14.3. The van der Waals surface area contributed by atoms with Crippen molar-refractivity contribution >= 4 is 33.3 Å². The third-order valence-corrected chi connectivity index (χ3v) is 5.54. The maximum Gasteiger partial charge on any atom is 0.337 e. The number of rotatable bonds is 4. The van der Waals surface area contributed by atoms with E-state index in [1.807, 2.05) is 0 Å². The summed E-state index contributed by atoms with van der Waals surface area (Å²) in [5.74, 6) is -0.563. The predicted molar refractivity (Wildman–Crippen MR) is 96.7 cm³/mol. The number of amides is 1. The molecule has 2 aromatic rings. The number of sulfonamides is 1. The van der Waals surface area contributed by atoms with Gasteiger partial charge in [0.15, 0.2) is 0 Å². The lowest BCUT2D eigenvalue weighted by molar-refractivity contribution is -0.116. The Morgan fingerprint density at radius 3 is 2.62 bits per heavy atom. The van der Waals surface area contributed by atoms with Crippen molar-refractivity contribution < 1.29 is 22.7 Å². The number of carbonyl (C=O) groups excluding carboxylic acids is 2. The fourth-order valence-electron chi connectivity index (χ4n) is 2.75. The summed E-state index contributed by atoms with van der Waals surface area (Å²) >= 11 is 0. The molecule has 0 radical (unpaired) electrons. The molecule has 2 aromatic carbocycles. The van der Waals surface area contributed by atoms with Gasteiger partial charge in [0.2, 0.25) is 5.91 Å². The Morgan fingerprint density at radius 1 is 1.15 bits per heavy atom. The van der Waals surface area contributed by atoms with E-state index in [0.717, 1.165) is 5.56 Å². The molecule has 136 valence electrons. The summed E-state index contributed by atoms with van der Waals surface area (Å²) in [5, 5.41) is 2.72. The van der Waals surface area contributed by atoms with Crippen LogP contribution in [-0.4, -0.2) is 27.4 Å². The molecule has 8 heteroatoms. The van der Waals surface area contributed by atoms with Gasteiger partial charge in [-0.1, -0.05) is 0 Å². The Morgan fingerprint density at radius 2 is 1.92 bits per heavy atom. The first kappa shape index (κ1) is 17.9.